The van der Waals surface area contributed by atoms with Crippen molar-refractivity contribution < 1.29 is 14.2 Å². The van der Waals surface area contributed by atoms with E-state index < -0.39 is 0 Å². The summed E-state index contributed by atoms with van der Waals surface area (Å²) in [6.45, 7) is 6.44. The molecular formula is C34H38O3. The van der Waals surface area contributed by atoms with Gasteiger partial charge in [0.2, 0.25) is 0 Å². The van der Waals surface area contributed by atoms with Gasteiger partial charge in [0.05, 0.1) is 13.2 Å². The van der Waals surface area contributed by atoms with Crippen LogP contribution in [0.5, 0.6) is 11.5 Å². The molecule has 1 unspecified atom stereocenters. The van der Waals surface area contributed by atoms with Crippen molar-refractivity contribution >= 4 is 0 Å². The van der Waals surface area contributed by atoms with Gasteiger partial charge in [-0.25, -0.2) is 0 Å². The summed E-state index contributed by atoms with van der Waals surface area (Å²) in [6.07, 6.45) is 17.0. The SMILES string of the molecule is C#CC#CC#CC#COCCC(C)CCOc1ccc(-c2ccc(OCCCCCCCC)cc2)cc1. The summed E-state index contributed by atoms with van der Waals surface area (Å²) in [5.41, 5.74) is 2.33. The van der Waals surface area contributed by atoms with Crippen LogP contribution in [-0.2, 0) is 4.74 Å². The summed E-state index contributed by atoms with van der Waals surface area (Å²) in [5, 5.41) is 0. The smallest absolute Gasteiger partial charge is 0.124 e. The monoisotopic (exact) mass is 494 g/mol. The largest absolute Gasteiger partial charge is 0.494 e. The molecule has 0 saturated heterocycles. The quantitative estimate of drug-likeness (QED) is 0.179. The van der Waals surface area contributed by atoms with Crippen molar-refractivity contribution in [3.8, 4) is 70.7 Å². The molecule has 0 spiro atoms. The molecular weight excluding hydrogens is 456 g/mol. The zero-order valence-electron chi connectivity index (χ0n) is 22.3. The predicted molar refractivity (Wildman–Crippen MR) is 153 cm³/mol. The van der Waals surface area contributed by atoms with Crippen LogP contribution in [0.2, 0.25) is 0 Å². The first-order chi connectivity index (χ1) is 18.2. The molecule has 0 aliphatic heterocycles. The van der Waals surface area contributed by atoms with Crippen LogP contribution < -0.4 is 9.47 Å². The minimum absolute atomic E-state index is 0.468. The second-order valence-electron chi connectivity index (χ2n) is 8.92. The Labute approximate surface area is 224 Å². The third kappa shape index (κ3) is 13.7. The number of hydrogen-bond acceptors (Lipinski definition) is 3. The summed E-state index contributed by atoms with van der Waals surface area (Å²) >= 11 is 0. The Kier molecular flexibility index (Phi) is 15.3. The number of ether oxygens (including phenoxy) is 3. The van der Waals surface area contributed by atoms with Crippen molar-refractivity contribution in [1.82, 2.24) is 0 Å². The highest BCUT2D eigenvalue weighted by atomic mass is 16.5. The molecule has 37 heavy (non-hydrogen) atoms. The van der Waals surface area contributed by atoms with Gasteiger partial charge in [0.15, 0.2) is 0 Å². The minimum Gasteiger partial charge on any atom is -0.494 e. The average molecular weight is 495 g/mol. The lowest BCUT2D eigenvalue weighted by Gasteiger charge is -2.12. The molecule has 0 heterocycles. The van der Waals surface area contributed by atoms with Crippen LogP contribution >= 0.6 is 0 Å². The number of hydrogen-bond donors (Lipinski definition) is 0. The lowest BCUT2D eigenvalue weighted by Crippen LogP contribution is -2.06. The van der Waals surface area contributed by atoms with E-state index in [1.165, 1.54) is 37.7 Å². The number of unbranched alkanes of at least 4 members (excludes halogenated alkanes) is 5. The van der Waals surface area contributed by atoms with Gasteiger partial charge < -0.3 is 14.2 Å². The Morgan fingerprint density at radius 1 is 0.649 bits per heavy atom. The predicted octanol–water partition coefficient (Wildman–Crippen LogP) is 7.51. The van der Waals surface area contributed by atoms with Crippen LogP contribution in [0.1, 0.15) is 65.2 Å². The molecule has 3 heteroatoms. The molecule has 0 bridgehead atoms. The highest BCUT2D eigenvalue weighted by Crippen LogP contribution is 2.25. The molecule has 0 amide bonds. The zero-order valence-corrected chi connectivity index (χ0v) is 22.3. The first kappa shape index (κ1) is 29.3. The Morgan fingerprint density at radius 3 is 1.84 bits per heavy atom. The third-order valence-corrected chi connectivity index (χ3v) is 5.85. The van der Waals surface area contributed by atoms with Crippen LogP contribution in [0.4, 0.5) is 0 Å². The fourth-order valence-corrected chi connectivity index (χ4v) is 3.58. The van der Waals surface area contributed by atoms with Crippen molar-refractivity contribution in [3.63, 3.8) is 0 Å². The normalized spacial score (nSPS) is 10.3. The molecule has 0 aliphatic rings. The van der Waals surface area contributed by atoms with Gasteiger partial charge in [-0.15, -0.1) is 6.42 Å². The second-order valence-corrected chi connectivity index (χ2v) is 8.92. The number of rotatable bonds is 16. The molecule has 0 saturated carbocycles. The van der Waals surface area contributed by atoms with Crippen LogP contribution in [-0.4, -0.2) is 19.8 Å². The molecule has 2 rings (SSSR count). The molecule has 0 N–H and O–H groups in total. The highest BCUT2D eigenvalue weighted by Gasteiger charge is 2.04. The molecule has 2 aromatic rings. The van der Waals surface area contributed by atoms with Gasteiger partial charge in [-0.05, 0) is 78.3 Å². The second kappa shape index (κ2) is 19.3. The van der Waals surface area contributed by atoms with Crippen molar-refractivity contribution in [2.75, 3.05) is 19.8 Å². The molecule has 1 atom stereocenters. The molecule has 0 aromatic heterocycles. The zero-order chi connectivity index (χ0) is 26.4. The lowest BCUT2D eigenvalue weighted by atomic mass is 10.1. The van der Waals surface area contributed by atoms with Crippen LogP contribution in [0.15, 0.2) is 48.5 Å². The molecule has 3 nitrogen and oxygen atoms in total. The lowest BCUT2D eigenvalue weighted by molar-refractivity contribution is 0.226. The summed E-state index contributed by atoms with van der Waals surface area (Å²) in [6, 6.07) is 16.6. The van der Waals surface area contributed by atoms with Gasteiger partial charge >= 0.3 is 0 Å². The van der Waals surface area contributed by atoms with Crippen molar-refractivity contribution in [2.45, 2.75) is 65.2 Å². The van der Waals surface area contributed by atoms with Gasteiger partial charge in [-0.2, -0.15) is 0 Å². The maximum Gasteiger partial charge on any atom is 0.124 e. The van der Waals surface area contributed by atoms with Crippen molar-refractivity contribution in [3.05, 3.63) is 48.5 Å². The first-order valence-corrected chi connectivity index (χ1v) is 13.3. The average Bonchev–Trinajstić information content (AvgIpc) is 2.92. The standard InChI is InChI=1S/C34H38O3/c1-4-6-8-10-12-14-26-35-28-24-30(3)25-29-37-34-22-18-32(19-23-34)31-16-20-33(21-17-31)36-27-15-13-11-9-7-5-2/h1,16-23,30H,5,7,9,11,13,15,24-25,27-29H2,2-3H3. The number of benzene rings is 2. The minimum atomic E-state index is 0.468. The van der Waals surface area contributed by atoms with E-state index in [1.54, 1.807) is 0 Å². The van der Waals surface area contributed by atoms with E-state index in [1.807, 2.05) is 12.1 Å². The molecule has 0 aliphatic carbocycles. The molecule has 0 radical (unpaired) electrons. The molecule has 0 fully saturated rings. The van der Waals surface area contributed by atoms with E-state index >= 15 is 0 Å². The summed E-state index contributed by atoms with van der Waals surface area (Å²) in [5.74, 6) is 17.0. The van der Waals surface area contributed by atoms with E-state index in [2.05, 4.69) is 91.9 Å². The third-order valence-electron chi connectivity index (χ3n) is 5.85. The van der Waals surface area contributed by atoms with E-state index in [0.29, 0.717) is 19.1 Å². The van der Waals surface area contributed by atoms with Gasteiger partial charge in [0.1, 0.15) is 24.2 Å². The maximum absolute atomic E-state index is 5.93. The maximum atomic E-state index is 5.93. The van der Waals surface area contributed by atoms with Crippen LogP contribution in [0.3, 0.4) is 0 Å². The topological polar surface area (TPSA) is 27.7 Å². The first-order valence-electron chi connectivity index (χ1n) is 13.3. The Hall–Kier alpha value is -3.92. The Balaban J connectivity index is 1.63. The van der Waals surface area contributed by atoms with Crippen LogP contribution in [0, 0.1) is 54.0 Å². The summed E-state index contributed by atoms with van der Waals surface area (Å²) < 4.78 is 17.1. The molecule has 2 aromatic carbocycles. The molecule has 192 valence electrons. The highest BCUT2D eigenvalue weighted by molar-refractivity contribution is 5.64. The fraction of sp³-hybridized carbons (Fsp3) is 0.412. The Morgan fingerprint density at radius 2 is 1.19 bits per heavy atom. The van der Waals surface area contributed by atoms with Gasteiger partial charge in [-0.3, -0.25) is 0 Å². The number of terminal acetylenes is 1. The fourth-order valence-electron chi connectivity index (χ4n) is 3.58. The summed E-state index contributed by atoms with van der Waals surface area (Å²) in [4.78, 5) is 0. The van der Waals surface area contributed by atoms with Crippen molar-refractivity contribution in [1.29, 1.82) is 0 Å². The van der Waals surface area contributed by atoms with E-state index in [-0.39, 0.29) is 0 Å². The van der Waals surface area contributed by atoms with Gasteiger partial charge in [0.25, 0.3) is 0 Å². The summed E-state index contributed by atoms with van der Waals surface area (Å²) in [7, 11) is 0. The Bertz CT molecular complexity index is 1120. The van der Waals surface area contributed by atoms with Gasteiger partial charge in [0, 0.05) is 17.8 Å². The van der Waals surface area contributed by atoms with Crippen LogP contribution in [0.25, 0.3) is 11.1 Å². The van der Waals surface area contributed by atoms with E-state index in [9.17, 15) is 0 Å². The van der Waals surface area contributed by atoms with Gasteiger partial charge in [-0.1, -0.05) is 70.2 Å². The van der Waals surface area contributed by atoms with E-state index in [4.69, 9.17) is 20.6 Å². The van der Waals surface area contributed by atoms with Crippen molar-refractivity contribution in [2.24, 2.45) is 5.92 Å². The van der Waals surface area contributed by atoms with E-state index in [0.717, 1.165) is 42.9 Å².